The number of para-hydroxylation sites is 1. The van der Waals surface area contributed by atoms with E-state index in [-0.39, 0.29) is 18.6 Å². The Kier molecular flexibility index (Phi) is 8.69. The number of benzene rings is 1. The molecule has 12 nitrogen and oxygen atoms in total. The Hall–Kier alpha value is -3.84. The van der Waals surface area contributed by atoms with Gasteiger partial charge < -0.3 is 36.3 Å². The topological polar surface area (TPSA) is 186 Å². The second-order valence-corrected chi connectivity index (χ2v) is 9.65. The highest BCUT2D eigenvalue weighted by Crippen LogP contribution is 2.21. The lowest BCUT2D eigenvalue weighted by atomic mass is 10.0. The van der Waals surface area contributed by atoms with Crippen molar-refractivity contribution in [3.05, 3.63) is 54.2 Å². The molecule has 0 bridgehead atoms. The lowest BCUT2D eigenvalue weighted by Gasteiger charge is -2.29. The average molecular weight is 542 g/mol. The van der Waals surface area contributed by atoms with E-state index in [1.165, 1.54) is 11.2 Å². The van der Waals surface area contributed by atoms with Crippen molar-refractivity contribution in [1.29, 1.82) is 0 Å². The third kappa shape index (κ3) is 6.17. The van der Waals surface area contributed by atoms with E-state index >= 15 is 0 Å². The number of thiol groups is 1. The van der Waals surface area contributed by atoms with Crippen molar-refractivity contribution in [3.8, 4) is 0 Å². The van der Waals surface area contributed by atoms with Crippen LogP contribution in [0.5, 0.6) is 0 Å². The lowest BCUT2D eigenvalue weighted by molar-refractivity contribution is -0.144. The SMILES string of the molecule is NC(Cc1c[nH]c2ccccc12)C(=O)NC(Cc1cnc[nH]1)C(=O)N1CCCC1C(=O)NC(CS)C(=O)O. The molecule has 2 aromatic heterocycles. The van der Waals surface area contributed by atoms with E-state index in [1.54, 1.807) is 6.20 Å². The van der Waals surface area contributed by atoms with Gasteiger partial charge in [-0.2, -0.15) is 12.6 Å². The van der Waals surface area contributed by atoms with Crippen molar-refractivity contribution in [3.63, 3.8) is 0 Å². The molecule has 1 aromatic carbocycles. The minimum absolute atomic E-state index is 0.0887. The number of amides is 3. The molecular weight excluding hydrogens is 510 g/mol. The van der Waals surface area contributed by atoms with Crippen molar-refractivity contribution in [2.75, 3.05) is 12.3 Å². The summed E-state index contributed by atoms with van der Waals surface area (Å²) in [7, 11) is 0. The normalized spacial score (nSPS) is 17.6. The molecule has 4 rings (SSSR count). The highest BCUT2D eigenvalue weighted by molar-refractivity contribution is 7.80. The number of carbonyl (C=O) groups is 4. The largest absolute Gasteiger partial charge is 0.480 e. The van der Waals surface area contributed by atoms with Crippen LogP contribution in [0.3, 0.4) is 0 Å². The second kappa shape index (κ2) is 12.1. The minimum atomic E-state index is -1.21. The summed E-state index contributed by atoms with van der Waals surface area (Å²) in [5.41, 5.74) is 8.69. The molecular formula is C25H31N7O5S. The van der Waals surface area contributed by atoms with Crippen LogP contribution in [0.4, 0.5) is 0 Å². The van der Waals surface area contributed by atoms with Crippen LogP contribution < -0.4 is 16.4 Å². The standard InChI is InChI=1S/C25H31N7O5S/c26-17(8-14-10-28-18-5-2-1-4-16(14)18)22(33)30-19(9-15-11-27-13-29-15)24(35)32-7-3-6-21(32)23(34)31-20(12-38)25(36)37/h1-2,4-5,10-11,13,17,19-21,28,38H,3,6-9,12,26H2,(H,27,29)(H,30,33)(H,31,34)(H,36,37). The third-order valence-corrected chi connectivity index (χ3v) is 7.05. The van der Waals surface area contributed by atoms with E-state index in [4.69, 9.17) is 5.73 Å². The van der Waals surface area contributed by atoms with E-state index in [0.29, 0.717) is 25.1 Å². The highest BCUT2D eigenvalue weighted by atomic mass is 32.1. The van der Waals surface area contributed by atoms with Gasteiger partial charge in [-0.3, -0.25) is 14.4 Å². The van der Waals surface area contributed by atoms with Crippen molar-refractivity contribution in [2.45, 2.75) is 49.9 Å². The predicted molar refractivity (Wildman–Crippen MR) is 142 cm³/mol. The number of imidazole rings is 1. The fourth-order valence-electron chi connectivity index (χ4n) is 4.68. The van der Waals surface area contributed by atoms with Crippen LogP contribution in [0.15, 0.2) is 43.0 Å². The number of hydrogen-bond acceptors (Lipinski definition) is 7. The molecule has 4 atom stereocenters. The number of rotatable bonds is 11. The zero-order chi connectivity index (χ0) is 27.2. The minimum Gasteiger partial charge on any atom is -0.480 e. The van der Waals surface area contributed by atoms with Crippen LogP contribution >= 0.6 is 12.6 Å². The Morgan fingerprint density at radius 3 is 2.66 bits per heavy atom. The first kappa shape index (κ1) is 27.2. The van der Waals surface area contributed by atoms with Gasteiger partial charge in [0, 0.05) is 47.7 Å². The number of nitrogens with one attached hydrogen (secondary N) is 4. The fourth-order valence-corrected chi connectivity index (χ4v) is 4.93. The van der Waals surface area contributed by atoms with Crippen LogP contribution in [-0.2, 0) is 32.0 Å². The van der Waals surface area contributed by atoms with Gasteiger partial charge in [0.25, 0.3) is 0 Å². The maximum absolute atomic E-state index is 13.6. The summed E-state index contributed by atoms with van der Waals surface area (Å²) in [6.45, 7) is 0.298. The maximum Gasteiger partial charge on any atom is 0.327 e. The predicted octanol–water partition coefficient (Wildman–Crippen LogP) is -0.0215. The second-order valence-electron chi connectivity index (χ2n) is 9.28. The smallest absolute Gasteiger partial charge is 0.327 e. The molecule has 3 heterocycles. The lowest BCUT2D eigenvalue weighted by Crippen LogP contribution is -2.57. The quantitative estimate of drug-likeness (QED) is 0.166. The van der Waals surface area contributed by atoms with Crippen LogP contribution in [0.2, 0.25) is 0 Å². The van der Waals surface area contributed by atoms with Gasteiger partial charge in [-0.05, 0) is 30.9 Å². The first-order valence-electron chi connectivity index (χ1n) is 12.3. The number of carboxylic acid groups (broad SMARTS) is 1. The Labute approximate surface area is 224 Å². The Morgan fingerprint density at radius 1 is 1.16 bits per heavy atom. The molecule has 1 aliphatic rings. The van der Waals surface area contributed by atoms with Gasteiger partial charge in [0.15, 0.2) is 0 Å². The third-order valence-electron chi connectivity index (χ3n) is 6.68. The number of aliphatic carboxylic acids is 1. The number of H-pyrrole nitrogens is 2. The molecule has 202 valence electrons. The highest BCUT2D eigenvalue weighted by Gasteiger charge is 2.39. The van der Waals surface area contributed by atoms with Crippen molar-refractivity contribution >= 4 is 47.2 Å². The molecule has 1 saturated heterocycles. The summed E-state index contributed by atoms with van der Waals surface area (Å²) in [6.07, 6.45) is 6.15. The van der Waals surface area contributed by atoms with Gasteiger partial charge in [-0.1, -0.05) is 18.2 Å². The van der Waals surface area contributed by atoms with E-state index < -0.39 is 47.9 Å². The Bertz CT molecular complexity index is 1290. The molecule has 1 fully saturated rings. The van der Waals surface area contributed by atoms with Crippen LogP contribution in [0.1, 0.15) is 24.1 Å². The summed E-state index contributed by atoms with van der Waals surface area (Å²) in [6, 6.07) is 3.73. The monoisotopic (exact) mass is 541 g/mol. The number of carboxylic acids is 1. The van der Waals surface area contributed by atoms with Gasteiger partial charge >= 0.3 is 5.97 Å². The number of carbonyl (C=O) groups excluding carboxylic acids is 3. The van der Waals surface area contributed by atoms with E-state index in [1.807, 2.05) is 30.5 Å². The van der Waals surface area contributed by atoms with Crippen LogP contribution in [0.25, 0.3) is 10.9 Å². The molecule has 3 aromatic rings. The first-order chi connectivity index (χ1) is 18.3. The Balaban J connectivity index is 1.48. The molecule has 3 amide bonds. The zero-order valence-corrected chi connectivity index (χ0v) is 21.5. The average Bonchev–Trinajstić information content (AvgIpc) is 3.67. The number of aromatic nitrogens is 3. The van der Waals surface area contributed by atoms with Gasteiger partial charge in [0.05, 0.1) is 12.4 Å². The number of aromatic amines is 2. The van der Waals surface area contributed by atoms with Gasteiger partial charge in [-0.15, -0.1) is 0 Å². The van der Waals surface area contributed by atoms with Crippen LogP contribution in [0, 0.1) is 0 Å². The van der Waals surface area contributed by atoms with Gasteiger partial charge in [0.1, 0.15) is 18.1 Å². The van der Waals surface area contributed by atoms with Crippen molar-refractivity contribution in [1.82, 2.24) is 30.5 Å². The molecule has 0 aliphatic carbocycles. The molecule has 0 saturated carbocycles. The maximum atomic E-state index is 13.6. The van der Waals surface area contributed by atoms with Crippen molar-refractivity contribution < 1.29 is 24.3 Å². The first-order valence-corrected chi connectivity index (χ1v) is 12.9. The summed E-state index contributed by atoms with van der Waals surface area (Å²) >= 11 is 3.98. The number of likely N-dealkylation sites (tertiary alicyclic amines) is 1. The molecule has 0 radical (unpaired) electrons. The molecule has 38 heavy (non-hydrogen) atoms. The van der Waals surface area contributed by atoms with E-state index in [2.05, 4.69) is 38.2 Å². The molecule has 1 aliphatic heterocycles. The summed E-state index contributed by atoms with van der Waals surface area (Å²) in [4.78, 5) is 62.4. The summed E-state index contributed by atoms with van der Waals surface area (Å²) in [5, 5.41) is 15.4. The number of hydrogen-bond donors (Lipinski definition) is 7. The zero-order valence-electron chi connectivity index (χ0n) is 20.6. The Morgan fingerprint density at radius 2 is 1.95 bits per heavy atom. The summed E-state index contributed by atoms with van der Waals surface area (Å²) in [5.74, 6) is -2.83. The molecule has 0 spiro atoms. The van der Waals surface area contributed by atoms with Gasteiger partial charge in [0.2, 0.25) is 17.7 Å². The van der Waals surface area contributed by atoms with Gasteiger partial charge in [-0.25, -0.2) is 9.78 Å². The van der Waals surface area contributed by atoms with E-state index in [0.717, 1.165) is 16.5 Å². The number of fused-ring (bicyclic) bond motifs is 1. The molecule has 7 N–H and O–H groups in total. The van der Waals surface area contributed by atoms with Crippen LogP contribution in [-0.4, -0.2) is 85.1 Å². The molecule has 4 unspecified atom stereocenters. The number of nitrogens with two attached hydrogens (primary N) is 1. The van der Waals surface area contributed by atoms with Crippen molar-refractivity contribution in [2.24, 2.45) is 5.73 Å². The van der Waals surface area contributed by atoms with E-state index in [9.17, 15) is 24.3 Å². The summed E-state index contributed by atoms with van der Waals surface area (Å²) < 4.78 is 0. The fraction of sp³-hybridized carbons (Fsp3) is 0.400. The number of nitrogens with zero attached hydrogens (tertiary/aromatic N) is 2. The molecule has 13 heteroatoms.